The molecular weight excluding hydrogens is 241 g/mol. The van der Waals surface area contributed by atoms with E-state index in [1.165, 1.54) is 6.07 Å². The van der Waals surface area contributed by atoms with E-state index in [1.807, 2.05) is 6.92 Å². The molecule has 0 bridgehead atoms. The van der Waals surface area contributed by atoms with E-state index in [1.54, 1.807) is 12.1 Å². The zero-order chi connectivity index (χ0) is 12.8. The van der Waals surface area contributed by atoms with Crippen molar-refractivity contribution in [3.63, 3.8) is 0 Å². The molecular formula is C13H17ClFNO. The highest BCUT2D eigenvalue weighted by Crippen LogP contribution is 2.19. The zero-order valence-corrected chi connectivity index (χ0v) is 10.6. The van der Waals surface area contributed by atoms with Crippen LogP contribution in [0.2, 0.25) is 5.02 Å². The van der Waals surface area contributed by atoms with Gasteiger partial charge in [-0.2, -0.15) is 0 Å². The van der Waals surface area contributed by atoms with Crippen molar-refractivity contribution in [1.82, 2.24) is 0 Å². The number of halogens is 2. The summed E-state index contributed by atoms with van der Waals surface area (Å²) in [7, 11) is 0. The van der Waals surface area contributed by atoms with Gasteiger partial charge in [-0.25, -0.2) is 4.39 Å². The van der Waals surface area contributed by atoms with Crippen molar-refractivity contribution < 1.29 is 9.18 Å². The van der Waals surface area contributed by atoms with Crippen LogP contribution >= 0.6 is 11.6 Å². The second-order valence-corrected chi connectivity index (χ2v) is 4.72. The van der Waals surface area contributed by atoms with E-state index in [0.717, 1.165) is 6.42 Å². The number of hydrogen-bond donors (Lipinski definition) is 1. The van der Waals surface area contributed by atoms with E-state index in [4.69, 9.17) is 17.3 Å². The van der Waals surface area contributed by atoms with Crippen LogP contribution in [0.1, 0.15) is 25.3 Å². The quantitative estimate of drug-likeness (QED) is 0.851. The highest BCUT2D eigenvalue weighted by Gasteiger charge is 2.11. The van der Waals surface area contributed by atoms with E-state index in [9.17, 15) is 9.18 Å². The third kappa shape index (κ3) is 4.44. The summed E-state index contributed by atoms with van der Waals surface area (Å²) in [5, 5.41) is 0.0608. The Morgan fingerprint density at radius 3 is 2.88 bits per heavy atom. The van der Waals surface area contributed by atoms with Crippen LogP contribution in [-0.2, 0) is 11.2 Å². The number of nitrogens with two attached hydrogens (primary N) is 1. The summed E-state index contributed by atoms with van der Waals surface area (Å²) in [6, 6.07) is 4.71. The molecule has 0 aliphatic rings. The number of benzene rings is 1. The number of Topliss-reactive ketones (excluding diaryl/α,β-unsaturated/α-hetero) is 1. The molecule has 0 saturated carbocycles. The van der Waals surface area contributed by atoms with Gasteiger partial charge in [0, 0.05) is 12.8 Å². The fraction of sp³-hybridized carbons (Fsp3) is 0.462. The molecule has 0 radical (unpaired) electrons. The summed E-state index contributed by atoms with van der Waals surface area (Å²) in [6.07, 6.45) is 1.28. The maximum Gasteiger partial charge on any atom is 0.145 e. The number of ketones is 1. The first kappa shape index (κ1) is 14.1. The lowest BCUT2D eigenvalue weighted by atomic mass is 10.00. The second kappa shape index (κ2) is 6.72. The summed E-state index contributed by atoms with van der Waals surface area (Å²) in [5.41, 5.74) is 5.83. The van der Waals surface area contributed by atoms with Gasteiger partial charge in [-0.3, -0.25) is 4.79 Å². The first-order valence-electron chi connectivity index (χ1n) is 5.69. The molecule has 2 nitrogen and oxygen atoms in total. The first-order valence-corrected chi connectivity index (χ1v) is 6.07. The molecule has 0 amide bonds. The van der Waals surface area contributed by atoms with Gasteiger partial charge < -0.3 is 5.73 Å². The van der Waals surface area contributed by atoms with Crippen LogP contribution in [0.15, 0.2) is 18.2 Å². The molecule has 1 rings (SSSR count). The minimum absolute atomic E-state index is 0.0199. The Balaban J connectivity index is 2.54. The molecule has 94 valence electrons. The predicted octanol–water partition coefficient (Wildman–Crippen LogP) is 2.97. The van der Waals surface area contributed by atoms with Gasteiger partial charge in [0.25, 0.3) is 0 Å². The highest BCUT2D eigenvalue weighted by molar-refractivity contribution is 6.30. The predicted molar refractivity (Wildman–Crippen MR) is 67.6 cm³/mol. The molecule has 0 aliphatic carbocycles. The van der Waals surface area contributed by atoms with Crippen molar-refractivity contribution >= 4 is 17.4 Å². The van der Waals surface area contributed by atoms with Crippen LogP contribution in [0, 0.1) is 11.7 Å². The van der Waals surface area contributed by atoms with Crippen molar-refractivity contribution in [3.05, 3.63) is 34.6 Å². The van der Waals surface area contributed by atoms with Gasteiger partial charge in [0.15, 0.2) is 0 Å². The normalized spacial score (nSPS) is 12.5. The second-order valence-electron chi connectivity index (χ2n) is 4.31. The molecule has 4 heteroatoms. The van der Waals surface area contributed by atoms with Gasteiger partial charge >= 0.3 is 0 Å². The summed E-state index contributed by atoms with van der Waals surface area (Å²) >= 11 is 5.64. The maximum absolute atomic E-state index is 13.5. The average Bonchev–Trinajstić information content (AvgIpc) is 2.32. The monoisotopic (exact) mass is 257 g/mol. The van der Waals surface area contributed by atoms with Crippen LogP contribution in [0.4, 0.5) is 4.39 Å². The lowest BCUT2D eigenvalue weighted by Crippen LogP contribution is -2.13. The minimum atomic E-state index is -0.491. The number of rotatable bonds is 6. The Bertz CT molecular complexity index is 395. The molecule has 0 fully saturated rings. The maximum atomic E-state index is 13.5. The Kier molecular flexibility index (Phi) is 5.59. The summed E-state index contributed by atoms with van der Waals surface area (Å²) < 4.78 is 13.5. The topological polar surface area (TPSA) is 43.1 Å². The Morgan fingerprint density at radius 1 is 1.53 bits per heavy atom. The van der Waals surface area contributed by atoms with Crippen molar-refractivity contribution in [3.8, 4) is 0 Å². The molecule has 0 saturated heterocycles. The van der Waals surface area contributed by atoms with Crippen molar-refractivity contribution in [2.75, 3.05) is 6.54 Å². The summed E-state index contributed by atoms with van der Waals surface area (Å²) in [4.78, 5) is 11.6. The van der Waals surface area contributed by atoms with Gasteiger partial charge in [0.1, 0.15) is 11.6 Å². The number of carbonyl (C=O) groups is 1. The third-order valence-corrected chi connectivity index (χ3v) is 3.03. The summed E-state index contributed by atoms with van der Waals surface area (Å²) in [6.45, 7) is 2.56. The van der Waals surface area contributed by atoms with E-state index in [-0.39, 0.29) is 17.2 Å². The van der Waals surface area contributed by atoms with Gasteiger partial charge in [-0.05, 0) is 30.5 Å². The highest BCUT2D eigenvalue weighted by atomic mass is 35.5. The molecule has 0 aromatic heterocycles. The Morgan fingerprint density at radius 2 is 2.24 bits per heavy atom. The van der Waals surface area contributed by atoms with Gasteiger partial charge in [0.2, 0.25) is 0 Å². The molecule has 1 aromatic rings. The SMILES string of the molecule is CC(CN)CCC(=O)Cc1cccc(Cl)c1F. The van der Waals surface area contributed by atoms with Crippen molar-refractivity contribution in [1.29, 1.82) is 0 Å². The molecule has 1 atom stereocenters. The first-order chi connectivity index (χ1) is 8.04. The molecule has 0 heterocycles. The average molecular weight is 258 g/mol. The molecule has 0 aliphatic heterocycles. The standard InChI is InChI=1S/C13H17ClFNO/c1-9(8-16)5-6-11(17)7-10-3-2-4-12(14)13(10)15/h2-4,9H,5-8,16H2,1H3. The van der Waals surface area contributed by atoms with E-state index < -0.39 is 5.82 Å². The lowest BCUT2D eigenvalue weighted by Gasteiger charge is -2.07. The minimum Gasteiger partial charge on any atom is -0.330 e. The van der Waals surface area contributed by atoms with Crippen LogP contribution in [-0.4, -0.2) is 12.3 Å². The van der Waals surface area contributed by atoms with E-state index in [2.05, 4.69) is 0 Å². The molecule has 2 N–H and O–H groups in total. The fourth-order valence-corrected chi connectivity index (χ4v) is 1.71. The molecule has 0 spiro atoms. The van der Waals surface area contributed by atoms with Crippen LogP contribution in [0.5, 0.6) is 0 Å². The summed E-state index contributed by atoms with van der Waals surface area (Å²) in [5.74, 6) is -0.149. The molecule has 1 aromatic carbocycles. The van der Waals surface area contributed by atoms with Crippen LogP contribution in [0.3, 0.4) is 0 Å². The van der Waals surface area contributed by atoms with E-state index >= 15 is 0 Å². The van der Waals surface area contributed by atoms with Crippen LogP contribution in [0.25, 0.3) is 0 Å². The lowest BCUT2D eigenvalue weighted by molar-refractivity contribution is -0.118. The van der Waals surface area contributed by atoms with Gasteiger partial charge in [-0.1, -0.05) is 30.7 Å². The van der Waals surface area contributed by atoms with E-state index in [0.29, 0.717) is 24.4 Å². The van der Waals surface area contributed by atoms with Crippen molar-refractivity contribution in [2.45, 2.75) is 26.2 Å². The largest absolute Gasteiger partial charge is 0.330 e. The Labute approximate surface area is 106 Å². The zero-order valence-electron chi connectivity index (χ0n) is 9.88. The fourth-order valence-electron chi connectivity index (χ4n) is 1.51. The molecule has 17 heavy (non-hydrogen) atoms. The third-order valence-electron chi connectivity index (χ3n) is 2.74. The van der Waals surface area contributed by atoms with Crippen LogP contribution < -0.4 is 5.73 Å². The van der Waals surface area contributed by atoms with Gasteiger partial charge in [-0.15, -0.1) is 0 Å². The van der Waals surface area contributed by atoms with Crippen molar-refractivity contribution in [2.24, 2.45) is 11.7 Å². The number of hydrogen-bond acceptors (Lipinski definition) is 2. The molecule has 1 unspecified atom stereocenters. The number of carbonyl (C=O) groups excluding carboxylic acids is 1. The van der Waals surface area contributed by atoms with Gasteiger partial charge in [0.05, 0.1) is 5.02 Å². The smallest absolute Gasteiger partial charge is 0.145 e. The Hall–Kier alpha value is -0.930.